The second-order valence-corrected chi connectivity index (χ2v) is 5.01. The minimum absolute atomic E-state index is 0.176. The van der Waals surface area contributed by atoms with Crippen LogP contribution in [0.3, 0.4) is 0 Å². The van der Waals surface area contributed by atoms with Crippen LogP contribution >= 0.6 is 0 Å². The van der Waals surface area contributed by atoms with Gasteiger partial charge >= 0.3 is 5.97 Å². The third kappa shape index (κ3) is 4.67. The maximum atomic E-state index is 13.5. The highest BCUT2D eigenvalue weighted by Gasteiger charge is 2.35. The Morgan fingerprint density at radius 3 is 2.67 bits per heavy atom. The molecule has 0 fully saturated rings. The lowest BCUT2D eigenvalue weighted by Crippen LogP contribution is -2.51. The summed E-state index contributed by atoms with van der Waals surface area (Å²) < 4.78 is 37.0. The van der Waals surface area contributed by atoms with Gasteiger partial charge in [-0.3, -0.25) is 4.79 Å². The number of likely N-dealkylation sites (N-methyl/N-ethyl adjacent to an activating group) is 1. The number of halogens is 2. The molecule has 6 heteroatoms. The summed E-state index contributed by atoms with van der Waals surface area (Å²) in [4.78, 5) is 11.9. The predicted octanol–water partition coefficient (Wildman–Crippen LogP) is 2.66. The lowest BCUT2D eigenvalue weighted by Gasteiger charge is -2.29. The summed E-state index contributed by atoms with van der Waals surface area (Å²) >= 11 is 0. The first-order valence-electron chi connectivity index (χ1n) is 6.80. The molecule has 0 radical (unpaired) electrons. The second-order valence-electron chi connectivity index (χ2n) is 5.01. The Labute approximate surface area is 123 Å². The molecule has 2 atom stereocenters. The van der Waals surface area contributed by atoms with Gasteiger partial charge in [-0.05, 0) is 40.0 Å². The van der Waals surface area contributed by atoms with Crippen LogP contribution in [0.4, 0.5) is 8.78 Å². The summed E-state index contributed by atoms with van der Waals surface area (Å²) in [6.45, 7) is 5.34. The van der Waals surface area contributed by atoms with Crippen molar-refractivity contribution in [2.45, 2.75) is 38.8 Å². The molecular weight excluding hydrogens is 280 g/mol. The smallest absolute Gasteiger partial charge is 0.326 e. The van der Waals surface area contributed by atoms with Gasteiger partial charge in [-0.2, -0.15) is 0 Å². The van der Waals surface area contributed by atoms with Gasteiger partial charge in [-0.15, -0.1) is 0 Å². The zero-order valence-corrected chi connectivity index (χ0v) is 12.7. The minimum Gasteiger partial charge on any atom is -0.487 e. The number of hydrogen-bond donors (Lipinski definition) is 1. The number of nitrogens with one attached hydrogen (secondary N) is 1. The van der Waals surface area contributed by atoms with E-state index in [2.05, 4.69) is 5.32 Å². The van der Waals surface area contributed by atoms with Gasteiger partial charge in [0.15, 0.2) is 11.6 Å². The number of benzene rings is 1. The van der Waals surface area contributed by atoms with E-state index < -0.39 is 29.2 Å². The van der Waals surface area contributed by atoms with E-state index >= 15 is 0 Å². The Morgan fingerprint density at radius 1 is 1.43 bits per heavy atom. The predicted molar refractivity (Wildman–Crippen MR) is 75.2 cm³/mol. The number of carbonyl (C=O) groups excluding carboxylic acids is 1. The summed E-state index contributed by atoms with van der Waals surface area (Å²) in [5.74, 6) is -1.82. The van der Waals surface area contributed by atoms with Gasteiger partial charge in [-0.1, -0.05) is 0 Å². The molecule has 0 saturated heterocycles. The Morgan fingerprint density at radius 2 is 2.10 bits per heavy atom. The third-order valence-electron chi connectivity index (χ3n) is 3.19. The number of carbonyl (C=O) groups is 1. The molecule has 0 aromatic heterocycles. The largest absolute Gasteiger partial charge is 0.487 e. The van der Waals surface area contributed by atoms with Crippen molar-refractivity contribution in [3.8, 4) is 5.75 Å². The molecule has 1 rings (SSSR count). The lowest BCUT2D eigenvalue weighted by molar-refractivity contribution is -0.151. The number of esters is 1. The van der Waals surface area contributed by atoms with Gasteiger partial charge < -0.3 is 14.8 Å². The summed E-state index contributed by atoms with van der Waals surface area (Å²) in [5.41, 5.74) is -0.959. The summed E-state index contributed by atoms with van der Waals surface area (Å²) in [6, 6.07) is 3.00. The lowest BCUT2D eigenvalue weighted by atomic mass is 9.95. The maximum Gasteiger partial charge on any atom is 0.326 e. The molecule has 0 aliphatic carbocycles. The Balaban J connectivity index is 2.77. The molecule has 0 heterocycles. The van der Waals surface area contributed by atoms with E-state index in [9.17, 15) is 13.6 Å². The van der Waals surface area contributed by atoms with E-state index in [4.69, 9.17) is 9.47 Å². The van der Waals surface area contributed by atoms with Gasteiger partial charge in [0.2, 0.25) is 0 Å². The van der Waals surface area contributed by atoms with Crippen LogP contribution in [0.5, 0.6) is 5.75 Å². The average Bonchev–Trinajstić information content (AvgIpc) is 2.42. The van der Waals surface area contributed by atoms with Crippen molar-refractivity contribution in [3.05, 3.63) is 29.8 Å². The van der Waals surface area contributed by atoms with E-state index in [0.717, 1.165) is 18.2 Å². The molecule has 0 aliphatic heterocycles. The molecule has 1 aromatic carbocycles. The van der Waals surface area contributed by atoms with Gasteiger partial charge in [0.1, 0.15) is 11.4 Å². The molecule has 1 N–H and O–H groups in total. The molecule has 0 bridgehead atoms. The SMILES string of the molecule is CCOC(=O)C(C)(CC(C)Oc1cc(F)ccc1F)NC. The fraction of sp³-hybridized carbons (Fsp3) is 0.533. The monoisotopic (exact) mass is 301 g/mol. The zero-order chi connectivity index (χ0) is 16.0. The highest BCUT2D eigenvalue weighted by Crippen LogP contribution is 2.23. The van der Waals surface area contributed by atoms with Crippen LogP contribution in [0.25, 0.3) is 0 Å². The summed E-state index contributed by atoms with van der Waals surface area (Å²) in [6.07, 6.45) is -0.263. The van der Waals surface area contributed by atoms with E-state index in [-0.39, 0.29) is 18.8 Å². The number of ether oxygens (including phenoxy) is 2. The third-order valence-corrected chi connectivity index (χ3v) is 3.19. The average molecular weight is 301 g/mol. The van der Waals surface area contributed by atoms with Crippen molar-refractivity contribution in [3.63, 3.8) is 0 Å². The van der Waals surface area contributed by atoms with Crippen LogP contribution in [0.1, 0.15) is 27.2 Å². The van der Waals surface area contributed by atoms with Gasteiger partial charge in [0.05, 0.1) is 12.7 Å². The molecule has 2 unspecified atom stereocenters. The summed E-state index contributed by atoms with van der Waals surface area (Å²) in [7, 11) is 1.63. The van der Waals surface area contributed by atoms with Crippen molar-refractivity contribution in [1.29, 1.82) is 0 Å². The van der Waals surface area contributed by atoms with Crippen LogP contribution in [-0.4, -0.2) is 31.3 Å². The van der Waals surface area contributed by atoms with Gasteiger partial charge in [0.25, 0.3) is 0 Å². The molecule has 21 heavy (non-hydrogen) atoms. The maximum absolute atomic E-state index is 13.5. The van der Waals surface area contributed by atoms with Crippen molar-refractivity contribution in [1.82, 2.24) is 5.32 Å². The first-order chi connectivity index (χ1) is 9.82. The Kier molecular flexibility index (Phi) is 6.08. The van der Waals surface area contributed by atoms with Crippen molar-refractivity contribution >= 4 is 5.97 Å². The highest BCUT2D eigenvalue weighted by molar-refractivity contribution is 5.80. The molecule has 4 nitrogen and oxygen atoms in total. The first kappa shape index (κ1) is 17.4. The van der Waals surface area contributed by atoms with Gasteiger partial charge in [-0.25, -0.2) is 8.78 Å². The minimum atomic E-state index is -0.959. The van der Waals surface area contributed by atoms with Crippen molar-refractivity contribution in [2.75, 3.05) is 13.7 Å². The van der Waals surface area contributed by atoms with Crippen LogP contribution in [0.2, 0.25) is 0 Å². The molecular formula is C15H21F2NO3. The molecule has 0 saturated carbocycles. The Hall–Kier alpha value is -1.69. The normalized spacial score (nSPS) is 15.1. The van der Waals surface area contributed by atoms with Crippen LogP contribution in [0.15, 0.2) is 18.2 Å². The molecule has 0 amide bonds. The number of rotatable bonds is 7. The van der Waals surface area contributed by atoms with E-state index in [0.29, 0.717) is 0 Å². The zero-order valence-electron chi connectivity index (χ0n) is 12.7. The fourth-order valence-electron chi connectivity index (χ4n) is 1.98. The van der Waals surface area contributed by atoms with Crippen LogP contribution in [-0.2, 0) is 9.53 Å². The van der Waals surface area contributed by atoms with E-state index in [1.54, 1.807) is 27.8 Å². The fourth-order valence-corrected chi connectivity index (χ4v) is 1.98. The topological polar surface area (TPSA) is 47.6 Å². The molecule has 118 valence electrons. The molecule has 0 spiro atoms. The summed E-state index contributed by atoms with van der Waals surface area (Å²) in [5, 5.41) is 2.88. The van der Waals surface area contributed by atoms with Crippen LogP contribution < -0.4 is 10.1 Å². The first-order valence-corrected chi connectivity index (χ1v) is 6.80. The second kappa shape index (κ2) is 7.36. The van der Waals surface area contributed by atoms with Crippen LogP contribution in [0, 0.1) is 11.6 Å². The standard InChI is InChI=1S/C15H21F2NO3/c1-5-20-14(19)15(3,18-4)9-10(2)21-13-8-11(16)6-7-12(13)17/h6-8,10,18H,5,9H2,1-4H3. The molecule has 0 aliphatic rings. The quantitative estimate of drug-likeness (QED) is 0.787. The van der Waals surface area contributed by atoms with Gasteiger partial charge in [0, 0.05) is 12.5 Å². The molecule has 1 aromatic rings. The van der Waals surface area contributed by atoms with E-state index in [1.807, 2.05) is 0 Å². The highest BCUT2D eigenvalue weighted by atomic mass is 19.1. The van der Waals surface area contributed by atoms with Crippen molar-refractivity contribution in [2.24, 2.45) is 0 Å². The number of hydrogen-bond acceptors (Lipinski definition) is 4. The van der Waals surface area contributed by atoms with Crippen molar-refractivity contribution < 1.29 is 23.0 Å². The van der Waals surface area contributed by atoms with E-state index in [1.165, 1.54) is 0 Å². The Bertz CT molecular complexity index is 496.